The van der Waals surface area contributed by atoms with E-state index < -0.39 is 5.54 Å². The second-order valence-corrected chi connectivity index (χ2v) is 6.29. The summed E-state index contributed by atoms with van der Waals surface area (Å²) in [6.07, 6.45) is 10.9. The summed E-state index contributed by atoms with van der Waals surface area (Å²) < 4.78 is 0. The number of para-hydroxylation sites is 1. The maximum Gasteiger partial charge on any atom is 0.275 e. The van der Waals surface area contributed by atoms with Gasteiger partial charge in [0.05, 0.1) is 5.69 Å². The molecule has 1 unspecified atom stereocenters. The van der Waals surface area contributed by atoms with E-state index >= 15 is 0 Å². The molecule has 4 nitrogen and oxygen atoms in total. The highest BCUT2D eigenvalue weighted by Crippen LogP contribution is 2.36. The van der Waals surface area contributed by atoms with Gasteiger partial charge in [-0.3, -0.25) is 10.2 Å². The average Bonchev–Trinajstić information content (AvgIpc) is 2.82. The first kappa shape index (κ1) is 14.9. The van der Waals surface area contributed by atoms with Crippen molar-refractivity contribution in [3.05, 3.63) is 54.6 Å². The molecule has 0 radical (unpaired) electrons. The Morgan fingerprint density at radius 3 is 2.73 bits per heavy atom. The number of aliphatic imine (C=N–C) groups is 1. The Hall–Kier alpha value is -2.01. The highest BCUT2D eigenvalue weighted by Gasteiger charge is 2.49. The molecule has 3 rings (SSSR count). The number of anilines is 1. The number of benzene rings is 1. The van der Waals surface area contributed by atoms with E-state index in [2.05, 4.69) is 17.6 Å². The van der Waals surface area contributed by atoms with E-state index in [1.807, 2.05) is 55.7 Å². The third-order valence-corrected chi connectivity index (χ3v) is 4.69. The molecular formula is C17H19N3OS. The smallest absolute Gasteiger partial charge is 0.275 e. The first-order valence-electron chi connectivity index (χ1n) is 7.28. The summed E-state index contributed by atoms with van der Waals surface area (Å²) in [7, 11) is 0. The van der Waals surface area contributed by atoms with Crippen LogP contribution in [0.4, 0.5) is 5.69 Å². The van der Waals surface area contributed by atoms with Crippen molar-refractivity contribution in [2.45, 2.75) is 18.9 Å². The summed E-state index contributed by atoms with van der Waals surface area (Å²) >= 11 is 1.48. The molecule has 1 aliphatic heterocycles. The van der Waals surface area contributed by atoms with Crippen LogP contribution in [0.1, 0.15) is 13.3 Å². The molecule has 114 valence electrons. The van der Waals surface area contributed by atoms with Crippen LogP contribution in [0.15, 0.2) is 59.6 Å². The molecule has 2 atom stereocenters. The van der Waals surface area contributed by atoms with Crippen molar-refractivity contribution in [3.8, 4) is 0 Å². The minimum absolute atomic E-state index is 0.00865. The maximum absolute atomic E-state index is 13.0. The van der Waals surface area contributed by atoms with Gasteiger partial charge >= 0.3 is 0 Å². The Bertz CT molecular complexity index is 653. The zero-order chi connectivity index (χ0) is 15.6. The fourth-order valence-electron chi connectivity index (χ4n) is 2.73. The fraction of sp³-hybridized carbons (Fsp3) is 0.294. The van der Waals surface area contributed by atoms with Crippen LogP contribution in [0.3, 0.4) is 0 Å². The molecule has 0 bridgehead atoms. The summed E-state index contributed by atoms with van der Waals surface area (Å²) in [6, 6.07) is 9.69. The molecule has 1 aliphatic carbocycles. The topological polar surface area (TPSA) is 44.7 Å². The molecule has 1 N–H and O–H groups in total. The Morgan fingerprint density at radius 1 is 1.32 bits per heavy atom. The lowest BCUT2D eigenvalue weighted by Crippen LogP contribution is -2.47. The molecule has 0 saturated heterocycles. The molecule has 1 amide bonds. The van der Waals surface area contributed by atoms with Gasteiger partial charge in [-0.1, -0.05) is 54.3 Å². The van der Waals surface area contributed by atoms with Gasteiger partial charge in [0.2, 0.25) is 0 Å². The lowest BCUT2D eigenvalue weighted by molar-refractivity contribution is -0.130. The van der Waals surface area contributed by atoms with Gasteiger partial charge in [-0.15, -0.1) is 0 Å². The van der Waals surface area contributed by atoms with E-state index in [4.69, 9.17) is 4.99 Å². The lowest BCUT2D eigenvalue weighted by Gasteiger charge is -2.29. The molecule has 0 aromatic heterocycles. The molecule has 1 aromatic rings. The Balaban J connectivity index is 1.87. The van der Waals surface area contributed by atoms with Crippen molar-refractivity contribution in [1.29, 1.82) is 0 Å². The fourth-order valence-corrected chi connectivity index (χ4v) is 3.32. The SMILES string of the molecule is CSC1=N[C@@](C)(C2C=CC=CC2)C(=O)N1Nc1ccccc1. The maximum atomic E-state index is 13.0. The molecular weight excluding hydrogens is 294 g/mol. The van der Waals surface area contributed by atoms with Gasteiger partial charge in [-0.05, 0) is 31.7 Å². The quantitative estimate of drug-likeness (QED) is 0.929. The van der Waals surface area contributed by atoms with Crippen molar-refractivity contribution < 1.29 is 4.79 Å². The number of allylic oxidation sites excluding steroid dienone is 3. The van der Waals surface area contributed by atoms with Crippen molar-refractivity contribution in [2.24, 2.45) is 10.9 Å². The second-order valence-electron chi connectivity index (χ2n) is 5.52. The summed E-state index contributed by atoms with van der Waals surface area (Å²) in [5.74, 6) is 0.0837. The number of nitrogens with one attached hydrogen (secondary N) is 1. The minimum atomic E-state index is -0.749. The van der Waals surface area contributed by atoms with Crippen LogP contribution in [-0.2, 0) is 4.79 Å². The van der Waals surface area contributed by atoms with Gasteiger partial charge in [0.15, 0.2) is 5.17 Å². The minimum Gasteiger partial charge on any atom is -0.289 e. The zero-order valence-corrected chi connectivity index (χ0v) is 13.5. The second kappa shape index (κ2) is 6.01. The Kier molecular flexibility index (Phi) is 4.07. The molecule has 0 saturated carbocycles. The molecule has 22 heavy (non-hydrogen) atoms. The number of rotatable bonds is 3. The summed E-state index contributed by atoms with van der Waals surface area (Å²) in [5.41, 5.74) is 3.30. The molecule has 2 aliphatic rings. The molecule has 1 heterocycles. The van der Waals surface area contributed by atoms with Crippen LogP contribution in [0.5, 0.6) is 0 Å². The van der Waals surface area contributed by atoms with Crippen LogP contribution in [0, 0.1) is 5.92 Å². The number of amidine groups is 1. The van der Waals surface area contributed by atoms with E-state index in [0.29, 0.717) is 5.17 Å². The van der Waals surface area contributed by atoms with Crippen molar-refractivity contribution in [2.75, 3.05) is 11.7 Å². The van der Waals surface area contributed by atoms with Gasteiger partial charge in [-0.2, -0.15) is 5.01 Å². The van der Waals surface area contributed by atoms with Crippen molar-refractivity contribution in [3.63, 3.8) is 0 Å². The van der Waals surface area contributed by atoms with E-state index in [0.717, 1.165) is 12.1 Å². The summed E-state index contributed by atoms with van der Waals surface area (Å²) in [4.78, 5) is 17.7. The lowest BCUT2D eigenvalue weighted by atomic mass is 9.81. The van der Waals surface area contributed by atoms with Gasteiger partial charge < -0.3 is 0 Å². The Morgan fingerprint density at radius 2 is 2.09 bits per heavy atom. The summed E-state index contributed by atoms with van der Waals surface area (Å²) in [5, 5.41) is 2.28. The van der Waals surface area contributed by atoms with Crippen LogP contribution in [0.2, 0.25) is 0 Å². The third-order valence-electron chi connectivity index (χ3n) is 4.06. The average molecular weight is 313 g/mol. The number of thioether (sulfide) groups is 1. The Labute approximate surface area is 135 Å². The normalized spacial score (nSPS) is 27.2. The predicted octanol–water partition coefficient (Wildman–Crippen LogP) is 3.47. The van der Waals surface area contributed by atoms with Crippen molar-refractivity contribution >= 4 is 28.5 Å². The van der Waals surface area contributed by atoms with Gasteiger partial charge in [0.1, 0.15) is 5.54 Å². The molecule has 5 heteroatoms. The standard InChI is InChI=1S/C17H19N3OS/c1-17(13-9-5-3-6-10-13)15(21)20(16(18-17)22-2)19-14-11-7-4-8-12-14/h3-9,11-13,19H,10H2,1-2H3/t13?,17-/m0/s1. The van der Waals surface area contributed by atoms with Crippen molar-refractivity contribution in [1.82, 2.24) is 5.01 Å². The number of amides is 1. The van der Waals surface area contributed by atoms with E-state index in [1.165, 1.54) is 11.8 Å². The highest BCUT2D eigenvalue weighted by molar-refractivity contribution is 8.13. The first-order chi connectivity index (χ1) is 10.6. The monoisotopic (exact) mass is 313 g/mol. The van der Waals surface area contributed by atoms with Crippen LogP contribution < -0.4 is 5.43 Å². The van der Waals surface area contributed by atoms with Crippen LogP contribution in [0.25, 0.3) is 0 Å². The van der Waals surface area contributed by atoms with E-state index in [-0.39, 0.29) is 11.8 Å². The number of carbonyl (C=O) groups excluding carboxylic acids is 1. The van der Waals surface area contributed by atoms with E-state index in [9.17, 15) is 4.79 Å². The number of carbonyl (C=O) groups is 1. The first-order valence-corrected chi connectivity index (χ1v) is 8.51. The third kappa shape index (κ3) is 2.57. The molecule has 1 aromatic carbocycles. The highest BCUT2D eigenvalue weighted by atomic mass is 32.2. The van der Waals surface area contributed by atoms with Crippen LogP contribution >= 0.6 is 11.8 Å². The van der Waals surface area contributed by atoms with Gasteiger partial charge in [-0.25, -0.2) is 4.99 Å². The van der Waals surface area contributed by atoms with Gasteiger partial charge in [0, 0.05) is 5.92 Å². The van der Waals surface area contributed by atoms with Gasteiger partial charge in [0.25, 0.3) is 5.91 Å². The number of hydrogen-bond acceptors (Lipinski definition) is 4. The molecule has 0 fully saturated rings. The largest absolute Gasteiger partial charge is 0.289 e. The number of nitrogens with zero attached hydrogens (tertiary/aromatic N) is 2. The zero-order valence-electron chi connectivity index (χ0n) is 12.7. The molecule has 0 spiro atoms. The summed E-state index contributed by atoms with van der Waals surface area (Å²) in [6.45, 7) is 1.92. The number of hydrazine groups is 1. The van der Waals surface area contributed by atoms with E-state index in [1.54, 1.807) is 5.01 Å². The number of hydrogen-bond donors (Lipinski definition) is 1. The van der Waals surface area contributed by atoms with Crippen LogP contribution in [-0.4, -0.2) is 27.9 Å². The predicted molar refractivity (Wildman–Crippen MR) is 92.7 cm³/mol.